The Bertz CT molecular complexity index is 367. The maximum Gasteiger partial charge on any atom is 0.240 e. The number of aromatic nitrogens is 3. The van der Waals surface area contributed by atoms with Gasteiger partial charge in [-0.25, -0.2) is 9.97 Å². The number of hydrogen-bond donors (Lipinski definition) is 2. The highest BCUT2D eigenvalue weighted by molar-refractivity contribution is 5.84. The fourth-order valence-electron chi connectivity index (χ4n) is 1.36. The number of amides is 1. The number of anilines is 2. The van der Waals surface area contributed by atoms with Crippen LogP contribution in [-0.4, -0.2) is 33.4 Å². The Labute approximate surface area is 80.1 Å². The quantitative estimate of drug-likeness (QED) is 0.593. The maximum absolute atomic E-state index is 10.9. The van der Waals surface area contributed by atoms with E-state index in [0.29, 0.717) is 5.95 Å². The van der Waals surface area contributed by atoms with E-state index in [1.54, 1.807) is 4.90 Å². The smallest absolute Gasteiger partial charge is 0.240 e. The Morgan fingerprint density at radius 3 is 2.86 bits per heavy atom. The largest absolute Gasteiger partial charge is 0.368 e. The van der Waals surface area contributed by atoms with Crippen molar-refractivity contribution in [3.05, 3.63) is 6.33 Å². The summed E-state index contributed by atoms with van der Waals surface area (Å²) in [6.45, 7) is 0.719. The molecule has 7 heteroatoms. The molecule has 2 heterocycles. The predicted molar refractivity (Wildman–Crippen MR) is 49.2 cm³/mol. The summed E-state index contributed by atoms with van der Waals surface area (Å²) in [4.78, 5) is 24.1. The molecule has 1 saturated heterocycles. The minimum absolute atomic E-state index is 0.144. The molecule has 1 atom stereocenters. The van der Waals surface area contributed by atoms with Gasteiger partial charge in [0.05, 0.1) is 0 Å². The average Bonchev–Trinajstić information content (AvgIpc) is 2.00. The molecular formula is C7H10N6O. The molecule has 0 bridgehead atoms. The standard InChI is InChI=1S/C7H10N6O/c8-5(14)4-1-2-13(4)7-11-3-10-6(9)12-7/h3-4H,1-2H2,(H2,8,14)(H2,9,10,11,12). The fourth-order valence-corrected chi connectivity index (χ4v) is 1.36. The highest BCUT2D eigenvalue weighted by atomic mass is 16.1. The van der Waals surface area contributed by atoms with Crippen LogP contribution in [0.3, 0.4) is 0 Å². The summed E-state index contributed by atoms with van der Waals surface area (Å²) < 4.78 is 0. The van der Waals surface area contributed by atoms with Gasteiger partial charge in [-0.1, -0.05) is 0 Å². The van der Waals surface area contributed by atoms with Crippen LogP contribution in [-0.2, 0) is 4.79 Å². The lowest BCUT2D eigenvalue weighted by molar-refractivity contribution is -0.120. The van der Waals surface area contributed by atoms with Crippen molar-refractivity contribution in [2.75, 3.05) is 17.2 Å². The number of carbonyl (C=O) groups is 1. The number of nitrogens with two attached hydrogens (primary N) is 2. The molecule has 1 amide bonds. The number of nitrogens with zero attached hydrogens (tertiary/aromatic N) is 4. The summed E-state index contributed by atoms with van der Waals surface area (Å²) in [5.74, 6) is 0.188. The SMILES string of the molecule is NC(=O)C1CCN1c1ncnc(N)n1. The van der Waals surface area contributed by atoms with Gasteiger partial charge >= 0.3 is 0 Å². The first-order valence-corrected chi connectivity index (χ1v) is 4.19. The highest BCUT2D eigenvalue weighted by Gasteiger charge is 2.34. The van der Waals surface area contributed by atoms with E-state index in [1.807, 2.05) is 0 Å². The number of primary amides is 1. The van der Waals surface area contributed by atoms with Gasteiger partial charge < -0.3 is 16.4 Å². The summed E-state index contributed by atoms with van der Waals surface area (Å²) in [7, 11) is 0. The third kappa shape index (κ3) is 1.32. The lowest BCUT2D eigenvalue weighted by Crippen LogP contribution is -2.55. The van der Waals surface area contributed by atoms with Gasteiger partial charge in [-0.3, -0.25) is 4.79 Å². The van der Waals surface area contributed by atoms with E-state index in [-0.39, 0.29) is 17.9 Å². The van der Waals surface area contributed by atoms with Crippen molar-refractivity contribution < 1.29 is 4.79 Å². The second kappa shape index (κ2) is 3.09. The van der Waals surface area contributed by atoms with Crippen LogP contribution in [0.2, 0.25) is 0 Å². The van der Waals surface area contributed by atoms with Crippen LogP contribution in [0.5, 0.6) is 0 Å². The van der Waals surface area contributed by atoms with Crippen LogP contribution in [0, 0.1) is 0 Å². The monoisotopic (exact) mass is 194 g/mol. The van der Waals surface area contributed by atoms with Crippen LogP contribution < -0.4 is 16.4 Å². The molecule has 1 aromatic heterocycles. The van der Waals surface area contributed by atoms with E-state index < -0.39 is 0 Å². The normalized spacial score (nSPS) is 20.3. The molecule has 0 aliphatic carbocycles. The Kier molecular flexibility index (Phi) is 1.91. The molecule has 0 aromatic carbocycles. The van der Waals surface area contributed by atoms with Gasteiger partial charge in [-0.2, -0.15) is 4.98 Å². The van der Waals surface area contributed by atoms with Gasteiger partial charge in [0, 0.05) is 6.54 Å². The molecule has 0 spiro atoms. The first-order valence-electron chi connectivity index (χ1n) is 4.19. The van der Waals surface area contributed by atoms with E-state index in [9.17, 15) is 4.79 Å². The van der Waals surface area contributed by atoms with Crippen molar-refractivity contribution in [2.24, 2.45) is 5.73 Å². The third-order valence-electron chi connectivity index (χ3n) is 2.18. The number of carbonyl (C=O) groups excluding carboxylic acids is 1. The maximum atomic E-state index is 10.9. The molecule has 1 aromatic rings. The first-order chi connectivity index (χ1) is 6.68. The van der Waals surface area contributed by atoms with Crippen LogP contribution in [0.25, 0.3) is 0 Å². The minimum atomic E-state index is -0.366. The van der Waals surface area contributed by atoms with Crippen LogP contribution in [0.1, 0.15) is 6.42 Å². The molecular weight excluding hydrogens is 184 g/mol. The van der Waals surface area contributed by atoms with E-state index in [2.05, 4.69) is 15.0 Å². The van der Waals surface area contributed by atoms with Gasteiger partial charge in [0.2, 0.25) is 17.8 Å². The van der Waals surface area contributed by atoms with E-state index in [0.717, 1.165) is 13.0 Å². The fraction of sp³-hybridized carbons (Fsp3) is 0.429. The topological polar surface area (TPSA) is 111 Å². The highest BCUT2D eigenvalue weighted by Crippen LogP contribution is 2.22. The number of hydrogen-bond acceptors (Lipinski definition) is 6. The molecule has 2 rings (SSSR count). The molecule has 0 saturated carbocycles. The number of nitrogen functional groups attached to an aromatic ring is 1. The lowest BCUT2D eigenvalue weighted by Gasteiger charge is -2.38. The van der Waals surface area contributed by atoms with Crippen molar-refractivity contribution >= 4 is 17.8 Å². The van der Waals surface area contributed by atoms with Crippen molar-refractivity contribution in [3.8, 4) is 0 Å². The molecule has 14 heavy (non-hydrogen) atoms. The molecule has 1 unspecified atom stereocenters. The molecule has 1 aliphatic rings. The van der Waals surface area contributed by atoms with E-state index in [1.165, 1.54) is 6.33 Å². The van der Waals surface area contributed by atoms with Gasteiger partial charge in [0.25, 0.3) is 0 Å². The average molecular weight is 194 g/mol. The summed E-state index contributed by atoms with van der Waals surface area (Å²) in [6, 6.07) is -0.309. The molecule has 74 valence electrons. The van der Waals surface area contributed by atoms with Crippen molar-refractivity contribution in [3.63, 3.8) is 0 Å². The van der Waals surface area contributed by atoms with E-state index in [4.69, 9.17) is 11.5 Å². The van der Waals surface area contributed by atoms with Gasteiger partial charge in [-0.15, -0.1) is 0 Å². The zero-order valence-corrected chi connectivity index (χ0v) is 7.42. The van der Waals surface area contributed by atoms with Crippen LogP contribution in [0.4, 0.5) is 11.9 Å². The Morgan fingerprint density at radius 2 is 2.36 bits per heavy atom. The zero-order valence-electron chi connectivity index (χ0n) is 7.42. The second-order valence-electron chi connectivity index (χ2n) is 3.04. The first kappa shape index (κ1) is 8.67. The van der Waals surface area contributed by atoms with E-state index >= 15 is 0 Å². The summed E-state index contributed by atoms with van der Waals surface area (Å²) in [5.41, 5.74) is 10.6. The summed E-state index contributed by atoms with van der Waals surface area (Å²) in [6.07, 6.45) is 2.05. The van der Waals surface area contributed by atoms with Crippen molar-refractivity contribution in [1.82, 2.24) is 15.0 Å². The second-order valence-corrected chi connectivity index (χ2v) is 3.04. The van der Waals surface area contributed by atoms with Gasteiger partial charge in [0.15, 0.2) is 0 Å². The Morgan fingerprint density at radius 1 is 1.57 bits per heavy atom. The lowest BCUT2D eigenvalue weighted by atomic mass is 10.0. The van der Waals surface area contributed by atoms with Crippen LogP contribution in [0.15, 0.2) is 6.33 Å². The number of rotatable bonds is 2. The summed E-state index contributed by atoms with van der Waals surface area (Å²) >= 11 is 0. The van der Waals surface area contributed by atoms with Crippen molar-refractivity contribution in [1.29, 1.82) is 0 Å². The molecule has 1 aliphatic heterocycles. The molecule has 1 fully saturated rings. The zero-order chi connectivity index (χ0) is 10.1. The molecule has 4 N–H and O–H groups in total. The minimum Gasteiger partial charge on any atom is -0.368 e. The Balaban J connectivity index is 2.20. The third-order valence-corrected chi connectivity index (χ3v) is 2.18. The van der Waals surface area contributed by atoms with Crippen molar-refractivity contribution in [2.45, 2.75) is 12.5 Å². The predicted octanol–water partition coefficient (Wildman–Crippen LogP) is -1.48. The van der Waals surface area contributed by atoms with Gasteiger partial charge in [0.1, 0.15) is 12.4 Å². The summed E-state index contributed by atoms with van der Waals surface area (Å²) in [5, 5.41) is 0. The molecule has 7 nitrogen and oxygen atoms in total. The van der Waals surface area contributed by atoms with Crippen LogP contribution >= 0.6 is 0 Å². The molecule has 0 radical (unpaired) electrons. The van der Waals surface area contributed by atoms with Gasteiger partial charge in [-0.05, 0) is 6.42 Å². The Hall–Kier alpha value is -1.92.